The first kappa shape index (κ1) is 13.4. The summed E-state index contributed by atoms with van der Waals surface area (Å²) in [4.78, 5) is 14.3. The Bertz CT molecular complexity index is 490. The van der Waals surface area contributed by atoms with E-state index in [4.69, 9.17) is 10.5 Å². The van der Waals surface area contributed by atoms with Gasteiger partial charge < -0.3 is 15.4 Å². The van der Waals surface area contributed by atoms with Crippen molar-refractivity contribution in [3.63, 3.8) is 0 Å². The van der Waals surface area contributed by atoms with E-state index in [2.05, 4.69) is 10.2 Å². The number of nitrogens with zero attached hydrogens (tertiary/aromatic N) is 2. The van der Waals surface area contributed by atoms with E-state index in [1.807, 2.05) is 4.90 Å². The van der Waals surface area contributed by atoms with Crippen LogP contribution in [0.2, 0.25) is 0 Å². The van der Waals surface area contributed by atoms with Gasteiger partial charge in [0.15, 0.2) is 0 Å². The van der Waals surface area contributed by atoms with Crippen LogP contribution in [0.5, 0.6) is 0 Å². The van der Waals surface area contributed by atoms with Gasteiger partial charge in [0.1, 0.15) is 0 Å². The SMILES string of the molecule is COC1(CC(=O)N2CCC(c3[nH]ncc3N)C2)CCC1. The first-order valence-electron chi connectivity index (χ1n) is 7.25. The standard InChI is InChI=1S/C14H22N4O2/c1-20-14(4-2-5-14)7-12(19)18-6-3-10(9-18)13-11(15)8-16-17-13/h8,10H,2-7,9,15H2,1H3,(H,16,17). The lowest BCUT2D eigenvalue weighted by atomic mass is 9.77. The van der Waals surface area contributed by atoms with Gasteiger partial charge in [0.25, 0.3) is 0 Å². The van der Waals surface area contributed by atoms with E-state index in [0.29, 0.717) is 12.1 Å². The molecule has 3 rings (SSSR count). The van der Waals surface area contributed by atoms with Crippen molar-refractivity contribution in [3.8, 4) is 0 Å². The number of hydrogen-bond acceptors (Lipinski definition) is 4. The van der Waals surface area contributed by atoms with Crippen molar-refractivity contribution in [1.29, 1.82) is 0 Å². The molecule has 1 amide bonds. The summed E-state index contributed by atoms with van der Waals surface area (Å²) in [5, 5.41) is 6.91. The van der Waals surface area contributed by atoms with Gasteiger partial charge in [0.2, 0.25) is 5.91 Å². The van der Waals surface area contributed by atoms with Crippen LogP contribution in [-0.2, 0) is 9.53 Å². The van der Waals surface area contributed by atoms with E-state index in [9.17, 15) is 4.79 Å². The summed E-state index contributed by atoms with van der Waals surface area (Å²) in [6.45, 7) is 1.52. The molecule has 1 aromatic rings. The van der Waals surface area contributed by atoms with E-state index >= 15 is 0 Å². The first-order chi connectivity index (χ1) is 9.63. The van der Waals surface area contributed by atoms with Gasteiger partial charge in [-0.2, -0.15) is 5.10 Å². The molecule has 2 aliphatic rings. The number of carbonyl (C=O) groups is 1. The Labute approximate surface area is 118 Å². The summed E-state index contributed by atoms with van der Waals surface area (Å²) >= 11 is 0. The predicted octanol–water partition coefficient (Wildman–Crippen LogP) is 1.27. The van der Waals surface area contributed by atoms with Crippen molar-refractivity contribution < 1.29 is 9.53 Å². The number of aromatic amines is 1. The second-order valence-electron chi connectivity index (χ2n) is 5.98. The first-order valence-corrected chi connectivity index (χ1v) is 7.25. The molecule has 2 heterocycles. The molecular weight excluding hydrogens is 256 g/mol. The Morgan fingerprint density at radius 1 is 1.65 bits per heavy atom. The fraction of sp³-hybridized carbons (Fsp3) is 0.714. The molecule has 6 nitrogen and oxygen atoms in total. The highest BCUT2D eigenvalue weighted by molar-refractivity contribution is 5.78. The fourth-order valence-corrected chi connectivity index (χ4v) is 3.27. The molecule has 3 N–H and O–H groups in total. The normalized spacial score (nSPS) is 24.6. The number of nitrogens with two attached hydrogens (primary N) is 1. The molecule has 1 atom stereocenters. The molecule has 1 unspecified atom stereocenters. The van der Waals surface area contributed by atoms with Gasteiger partial charge in [0, 0.05) is 26.1 Å². The zero-order valence-electron chi connectivity index (χ0n) is 11.9. The maximum atomic E-state index is 12.4. The Morgan fingerprint density at radius 2 is 2.45 bits per heavy atom. The van der Waals surface area contributed by atoms with Gasteiger partial charge in [-0.1, -0.05) is 0 Å². The second-order valence-corrected chi connectivity index (χ2v) is 5.98. The molecule has 1 aliphatic carbocycles. The zero-order valence-corrected chi connectivity index (χ0v) is 11.9. The lowest BCUT2D eigenvalue weighted by Crippen LogP contribution is -2.44. The van der Waals surface area contributed by atoms with Gasteiger partial charge in [-0.15, -0.1) is 0 Å². The van der Waals surface area contributed by atoms with Gasteiger partial charge in [-0.25, -0.2) is 0 Å². The number of methoxy groups -OCH3 is 1. The van der Waals surface area contributed by atoms with Crippen LogP contribution in [0.25, 0.3) is 0 Å². The predicted molar refractivity (Wildman–Crippen MR) is 75.1 cm³/mol. The van der Waals surface area contributed by atoms with Crippen molar-refractivity contribution in [2.24, 2.45) is 0 Å². The van der Waals surface area contributed by atoms with Crippen molar-refractivity contribution in [3.05, 3.63) is 11.9 Å². The van der Waals surface area contributed by atoms with E-state index in [1.54, 1.807) is 13.3 Å². The molecule has 1 saturated carbocycles. The highest BCUT2D eigenvalue weighted by Gasteiger charge is 2.41. The highest BCUT2D eigenvalue weighted by Crippen LogP contribution is 2.39. The summed E-state index contributed by atoms with van der Waals surface area (Å²) < 4.78 is 5.54. The van der Waals surface area contributed by atoms with Crippen LogP contribution in [0.15, 0.2) is 6.20 Å². The summed E-state index contributed by atoms with van der Waals surface area (Å²) in [7, 11) is 1.71. The number of H-pyrrole nitrogens is 1. The molecule has 20 heavy (non-hydrogen) atoms. The lowest BCUT2D eigenvalue weighted by molar-refractivity contribution is -0.143. The Balaban J connectivity index is 1.60. The highest BCUT2D eigenvalue weighted by atomic mass is 16.5. The van der Waals surface area contributed by atoms with Gasteiger partial charge in [-0.3, -0.25) is 9.89 Å². The Morgan fingerprint density at radius 3 is 3.00 bits per heavy atom. The molecule has 0 aromatic carbocycles. The summed E-state index contributed by atoms with van der Waals surface area (Å²) in [6, 6.07) is 0. The van der Waals surface area contributed by atoms with E-state index < -0.39 is 0 Å². The molecular formula is C14H22N4O2. The minimum absolute atomic E-state index is 0.192. The van der Waals surface area contributed by atoms with Crippen LogP contribution >= 0.6 is 0 Å². The molecule has 1 saturated heterocycles. The van der Waals surface area contributed by atoms with Crippen LogP contribution in [0, 0.1) is 0 Å². The number of likely N-dealkylation sites (tertiary alicyclic amines) is 1. The molecule has 110 valence electrons. The molecule has 1 aromatic heterocycles. The molecule has 0 spiro atoms. The van der Waals surface area contributed by atoms with E-state index in [-0.39, 0.29) is 17.4 Å². The number of nitrogen functional groups attached to an aromatic ring is 1. The topological polar surface area (TPSA) is 84.2 Å². The smallest absolute Gasteiger partial charge is 0.225 e. The second kappa shape index (κ2) is 5.09. The minimum atomic E-state index is -0.192. The average molecular weight is 278 g/mol. The number of rotatable bonds is 4. The summed E-state index contributed by atoms with van der Waals surface area (Å²) in [5.41, 5.74) is 7.34. The largest absolute Gasteiger partial charge is 0.396 e. The van der Waals surface area contributed by atoms with Gasteiger partial charge in [-0.05, 0) is 25.7 Å². The fourth-order valence-electron chi connectivity index (χ4n) is 3.27. The van der Waals surface area contributed by atoms with Crippen LogP contribution in [0.1, 0.15) is 43.7 Å². The quantitative estimate of drug-likeness (QED) is 0.868. The van der Waals surface area contributed by atoms with Crippen LogP contribution < -0.4 is 5.73 Å². The summed E-state index contributed by atoms with van der Waals surface area (Å²) in [5.74, 6) is 0.480. The molecule has 0 radical (unpaired) electrons. The van der Waals surface area contributed by atoms with Crippen molar-refractivity contribution in [2.45, 2.75) is 43.6 Å². The molecule has 1 aliphatic heterocycles. The maximum Gasteiger partial charge on any atom is 0.225 e. The number of aromatic nitrogens is 2. The number of anilines is 1. The number of hydrogen-bond donors (Lipinski definition) is 2. The number of carbonyl (C=O) groups excluding carboxylic acids is 1. The third kappa shape index (κ3) is 2.28. The number of amides is 1. The number of nitrogens with one attached hydrogen (secondary N) is 1. The van der Waals surface area contributed by atoms with Crippen molar-refractivity contribution in [2.75, 3.05) is 25.9 Å². The Hall–Kier alpha value is -1.56. The van der Waals surface area contributed by atoms with Crippen molar-refractivity contribution >= 4 is 11.6 Å². The molecule has 6 heteroatoms. The third-order valence-electron chi connectivity index (χ3n) is 4.82. The maximum absolute atomic E-state index is 12.4. The summed E-state index contributed by atoms with van der Waals surface area (Å²) in [6.07, 6.45) is 6.25. The Kier molecular flexibility index (Phi) is 3.41. The monoisotopic (exact) mass is 278 g/mol. The van der Waals surface area contributed by atoms with Gasteiger partial charge >= 0.3 is 0 Å². The zero-order chi connectivity index (χ0) is 14.2. The lowest BCUT2D eigenvalue weighted by Gasteiger charge is -2.40. The van der Waals surface area contributed by atoms with Crippen LogP contribution in [0.4, 0.5) is 5.69 Å². The average Bonchev–Trinajstić information content (AvgIpc) is 3.01. The third-order valence-corrected chi connectivity index (χ3v) is 4.82. The van der Waals surface area contributed by atoms with Crippen LogP contribution in [-0.4, -0.2) is 46.8 Å². The van der Waals surface area contributed by atoms with E-state index in [0.717, 1.165) is 44.5 Å². The molecule has 0 bridgehead atoms. The van der Waals surface area contributed by atoms with Crippen LogP contribution in [0.3, 0.4) is 0 Å². The minimum Gasteiger partial charge on any atom is -0.396 e. The number of ether oxygens (including phenoxy) is 1. The van der Waals surface area contributed by atoms with E-state index in [1.165, 1.54) is 0 Å². The van der Waals surface area contributed by atoms with Crippen molar-refractivity contribution in [1.82, 2.24) is 15.1 Å². The molecule has 2 fully saturated rings. The van der Waals surface area contributed by atoms with Gasteiger partial charge in [0.05, 0.1) is 29.6 Å².